The Kier molecular flexibility index (Phi) is 4.37. The fraction of sp³-hybridized carbons (Fsp3) is 0.389. The number of rotatable bonds is 3. The summed E-state index contributed by atoms with van der Waals surface area (Å²) in [7, 11) is 4.06. The SMILES string of the molecule is CN(C)[C@@H]1CCN(c2nnc(-c3ccc(C(F)(F)F)cc3O)n3ccnc23)C1. The molecule has 1 aliphatic rings. The van der Waals surface area contributed by atoms with Gasteiger partial charge in [-0.3, -0.25) is 4.40 Å². The molecule has 4 rings (SSSR count). The van der Waals surface area contributed by atoms with Gasteiger partial charge in [-0.1, -0.05) is 0 Å². The average molecular weight is 392 g/mol. The summed E-state index contributed by atoms with van der Waals surface area (Å²) < 4.78 is 40.2. The number of imidazole rings is 1. The maximum absolute atomic E-state index is 12.9. The van der Waals surface area contributed by atoms with E-state index >= 15 is 0 Å². The molecule has 0 aliphatic carbocycles. The van der Waals surface area contributed by atoms with Crippen molar-refractivity contribution in [3.8, 4) is 17.1 Å². The predicted octanol–water partition coefficient (Wildman–Crippen LogP) is 2.66. The Bertz CT molecular complexity index is 1020. The Balaban J connectivity index is 1.74. The Morgan fingerprint density at radius 1 is 1.21 bits per heavy atom. The number of aromatic nitrogens is 4. The summed E-state index contributed by atoms with van der Waals surface area (Å²) >= 11 is 0. The molecule has 0 bridgehead atoms. The first kappa shape index (κ1) is 18.5. The number of likely N-dealkylation sites (N-methyl/N-ethyl adjacent to an activating group) is 1. The van der Waals surface area contributed by atoms with Gasteiger partial charge in [0, 0.05) is 31.5 Å². The largest absolute Gasteiger partial charge is 0.507 e. The molecule has 0 unspecified atom stereocenters. The fourth-order valence-electron chi connectivity index (χ4n) is 3.47. The standard InChI is InChI=1S/C18H19F3N6O/c1-25(2)12-5-7-26(10-12)17-16-22-6-8-27(16)15(23-24-17)13-4-3-11(9-14(13)28)18(19,20)21/h3-4,6,8-9,12,28H,5,7,10H2,1-2H3/t12-/m1/s1. The van der Waals surface area contributed by atoms with Crippen LogP contribution in [-0.4, -0.2) is 62.8 Å². The van der Waals surface area contributed by atoms with E-state index in [0.29, 0.717) is 23.6 Å². The van der Waals surface area contributed by atoms with Gasteiger partial charge in [-0.05, 0) is 38.7 Å². The van der Waals surface area contributed by atoms with E-state index < -0.39 is 17.5 Å². The molecule has 7 nitrogen and oxygen atoms in total. The third-order valence-electron chi connectivity index (χ3n) is 5.07. The van der Waals surface area contributed by atoms with E-state index in [0.717, 1.165) is 25.6 Å². The normalized spacial score (nSPS) is 17.8. The number of anilines is 1. The lowest BCUT2D eigenvalue weighted by Gasteiger charge is -2.21. The summed E-state index contributed by atoms with van der Waals surface area (Å²) in [6.07, 6.45) is -0.316. The van der Waals surface area contributed by atoms with Crippen molar-refractivity contribution >= 4 is 11.5 Å². The van der Waals surface area contributed by atoms with Crippen molar-refractivity contribution < 1.29 is 18.3 Å². The second kappa shape index (κ2) is 6.62. The molecule has 3 aromatic rings. The second-order valence-corrected chi connectivity index (χ2v) is 7.05. The summed E-state index contributed by atoms with van der Waals surface area (Å²) in [5, 5.41) is 18.6. The van der Waals surface area contributed by atoms with Crippen LogP contribution in [0.1, 0.15) is 12.0 Å². The molecule has 2 aromatic heterocycles. The zero-order valence-corrected chi connectivity index (χ0v) is 15.3. The van der Waals surface area contributed by atoms with Crippen molar-refractivity contribution in [2.45, 2.75) is 18.6 Å². The Morgan fingerprint density at radius 2 is 2.00 bits per heavy atom. The molecular weight excluding hydrogens is 373 g/mol. The highest BCUT2D eigenvalue weighted by atomic mass is 19.4. The number of alkyl halides is 3. The quantitative estimate of drug-likeness (QED) is 0.739. The molecule has 1 saturated heterocycles. The lowest BCUT2D eigenvalue weighted by molar-refractivity contribution is -0.137. The minimum atomic E-state index is -4.53. The molecule has 0 amide bonds. The first-order chi connectivity index (χ1) is 13.3. The van der Waals surface area contributed by atoms with Gasteiger partial charge in [-0.15, -0.1) is 10.2 Å². The number of halogens is 3. The van der Waals surface area contributed by atoms with Crippen LogP contribution in [-0.2, 0) is 6.18 Å². The highest BCUT2D eigenvalue weighted by molar-refractivity contribution is 5.72. The van der Waals surface area contributed by atoms with Gasteiger partial charge in [0.15, 0.2) is 17.3 Å². The van der Waals surface area contributed by atoms with Crippen molar-refractivity contribution in [3.63, 3.8) is 0 Å². The van der Waals surface area contributed by atoms with Gasteiger partial charge >= 0.3 is 6.18 Å². The summed E-state index contributed by atoms with van der Waals surface area (Å²) in [6, 6.07) is 3.19. The number of nitrogens with zero attached hydrogens (tertiary/aromatic N) is 6. The van der Waals surface area contributed by atoms with Gasteiger partial charge in [0.1, 0.15) is 5.75 Å². The topological polar surface area (TPSA) is 69.8 Å². The van der Waals surface area contributed by atoms with E-state index in [4.69, 9.17) is 0 Å². The molecule has 1 atom stereocenters. The van der Waals surface area contributed by atoms with Crippen LogP contribution in [0.4, 0.5) is 19.0 Å². The molecule has 1 N–H and O–H groups in total. The molecule has 0 radical (unpaired) electrons. The van der Waals surface area contributed by atoms with E-state index in [1.807, 2.05) is 14.1 Å². The minimum Gasteiger partial charge on any atom is -0.507 e. The number of aromatic hydroxyl groups is 1. The third-order valence-corrected chi connectivity index (χ3v) is 5.07. The van der Waals surface area contributed by atoms with Gasteiger partial charge in [-0.25, -0.2) is 4.98 Å². The fourth-order valence-corrected chi connectivity index (χ4v) is 3.47. The molecule has 0 spiro atoms. The van der Waals surface area contributed by atoms with Crippen molar-refractivity contribution in [3.05, 3.63) is 36.2 Å². The maximum Gasteiger partial charge on any atom is 0.416 e. The van der Waals surface area contributed by atoms with E-state index in [1.54, 1.807) is 16.8 Å². The molecule has 28 heavy (non-hydrogen) atoms. The predicted molar refractivity (Wildman–Crippen MR) is 97.2 cm³/mol. The monoisotopic (exact) mass is 392 g/mol. The van der Waals surface area contributed by atoms with Crippen LogP contribution in [0.3, 0.4) is 0 Å². The molecule has 1 fully saturated rings. The smallest absolute Gasteiger partial charge is 0.416 e. The zero-order chi connectivity index (χ0) is 20.1. The highest BCUT2D eigenvalue weighted by Gasteiger charge is 2.32. The van der Waals surface area contributed by atoms with Gasteiger partial charge in [-0.2, -0.15) is 13.2 Å². The van der Waals surface area contributed by atoms with Crippen LogP contribution >= 0.6 is 0 Å². The molecule has 0 saturated carbocycles. The molecule has 1 aromatic carbocycles. The van der Waals surface area contributed by atoms with E-state index in [9.17, 15) is 18.3 Å². The van der Waals surface area contributed by atoms with Gasteiger partial charge in [0.2, 0.25) is 0 Å². The number of hydrogen-bond donors (Lipinski definition) is 1. The average Bonchev–Trinajstić information content (AvgIpc) is 3.30. The molecule has 3 heterocycles. The summed E-state index contributed by atoms with van der Waals surface area (Å²) in [5.74, 6) is 0.330. The number of fused-ring (bicyclic) bond motifs is 1. The number of benzene rings is 1. The van der Waals surface area contributed by atoms with E-state index in [1.165, 1.54) is 6.07 Å². The zero-order valence-electron chi connectivity index (χ0n) is 15.3. The lowest BCUT2D eigenvalue weighted by atomic mass is 10.1. The Hall–Kier alpha value is -2.88. The first-order valence-corrected chi connectivity index (χ1v) is 8.77. The number of phenols is 1. The van der Waals surface area contributed by atoms with Crippen LogP contribution < -0.4 is 4.90 Å². The van der Waals surface area contributed by atoms with Crippen LogP contribution in [0.5, 0.6) is 5.75 Å². The van der Waals surface area contributed by atoms with Crippen molar-refractivity contribution in [1.29, 1.82) is 0 Å². The number of hydrogen-bond acceptors (Lipinski definition) is 6. The molecular formula is C18H19F3N6O. The highest BCUT2D eigenvalue weighted by Crippen LogP contribution is 2.36. The minimum absolute atomic E-state index is 0.155. The third kappa shape index (κ3) is 3.13. The Labute approximate surface area is 159 Å². The Morgan fingerprint density at radius 3 is 2.64 bits per heavy atom. The van der Waals surface area contributed by atoms with Crippen LogP contribution in [0, 0.1) is 0 Å². The van der Waals surface area contributed by atoms with Gasteiger partial charge < -0.3 is 14.9 Å². The van der Waals surface area contributed by atoms with Crippen molar-refractivity contribution in [1.82, 2.24) is 24.5 Å². The van der Waals surface area contributed by atoms with E-state index in [2.05, 4.69) is 25.0 Å². The maximum atomic E-state index is 12.9. The molecule has 1 aliphatic heterocycles. The van der Waals surface area contributed by atoms with Crippen molar-refractivity contribution in [2.75, 3.05) is 32.1 Å². The van der Waals surface area contributed by atoms with Gasteiger partial charge in [0.05, 0.1) is 11.1 Å². The molecule has 10 heteroatoms. The number of phenolic OH excluding ortho intramolecular Hbond substituents is 1. The van der Waals surface area contributed by atoms with Crippen LogP contribution in [0.25, 0.3) is 17.0 Å². The van der Waals surface area contributed by atoms with E-state index in [-0.39, 0.29) is 11.4 Å². The summed E-state index contributed by atoms with van der Waals surface area (Å²) in [6.45, 7) is 1.60. The molecule has 148 valence electrons. The summed E-state index contributed by atoms with van der Waals surface area (Å²) in [4.78, 5) is 8.60. The van der Waals surface area contributed by atoms with Crippen molar-refractivity contribution in [2.24, 2.45) is 0 Å². The van der Waals surface area contributed by atoms with Gasteiger partial charge in [0.25, 0.3) is 0 Å². The lowest BCUT2D eigenvalue weighted by Crippen LogP contribution is -2.32. The first-order valence-electron chi connectivity index (χ1n) is 8.77. The second-order valence-electron chi connectivity index (χ2n) is 7.05. The van der Waals surface area contributed by atoms with Crippen LogP contribution in [0.2, 0.25) is 0 Å². The summed E-state index contributed by atoms with van der Waals surface area (Å²) in [5.41, 5.74) is -0.224. The van der Waals surface area contributed by atoms with Crippen LogP contribution in [0.15, 0.2) is 30.6 Å².